The highest BCUT2D eigenvalue weighted by molar-refractivity contribution is 5.91. The van der Waals surface area contributed by atoms with Gasteiger partial charge in [0, 0.05) is 0 Å². The Morgan fingerprint density at radius 1 is 0.964 bits per heavy atom. The molecule has 6 heteroatoms. The van der Waals surface area contributed by atoms with Gasteiger partial charge < -0.3 is 23.9 Å². The van der Waals surface area contributed by atoms with E-state index in [2.05, 4.69) is 5.32 Å². The van der Waals surface area contributed by atoms with Crippen LogP contribution in [0.15, 0.2) is 65.1 Å². The first-order valence-corrected chi connectivity index (χ1v) is 8.90. The number of carbonyl (C=O) groups is 1. The van der Waals surface area contributed by atoms with Crippen LogP contribution in [0, 0.1) is 0 Å². The van der Waals surface area contributed by atoms with Crippen molar-refractivity contribution in [1.82, 2.24) is 5.32 Å². The molecule has 2 aromatic carbocycles. The van der Waals surface area contributed by atoms with Crippen LogP contribution >= 0.6 is 0 Å². The van der Waals surface area contributed by atoms with Crippen molar-refractivity contribution in [3.8, 4) is 17.2 Å². The molecule has 0 bridgehead atoms. The normalized spacial score (nSPS) is 11.5. The summed E-state index contributed by atoms with van der Waals surface area (Å²) in [6, 6.07) is 18.1. The van der Waals surface area contributed by atoms with E-state index in [4.69, 9.17) is 18.6 Å². The Morgan fingerprint density at radius 2 is 1.68 bits per heavy atom. The predicted molar refractivity (Wildman–Crippen MR) is 105 cm³/mol. The number of nitrogens with one attached hydrogen (secondary N) is 1. The fraction of sp³-hybridized carbons (Fsp3) is 0.227. The SMILES string of the molecule is COc1ccc([C@@H](C)NC(=O)c2ccc(COc3ccccc3OC)o2)cc1. The van der Waals surface area contributed by atoms with Crippen LogP contribution < -0.4 is 19.5 Å². The molecule has 0 aliphatic carbocycles. The van der Waals surface area contributed by atoms with E-state index in [1.54, 1.807) is 26.4 Å². The van der Waals surface area contributed by atoms with Gasteiger partial charge in [0.1, 0.15) is 18.1 Å². The van der Waals surface area contributed by atoms with E-state index >= 15 is 0 Å². The van der Waals surface area contributed by atoms with Crippen molar-refractivity contribution in [2.45, 2.75) is 19.6 Å². The van der Waals surface area contributed by atoms with Crippen LogP contribution in [0.1, 0.15) is 34.8 Å². The van der Waals surface area contributed by atoms with E-state index in [9.17, 15) is 4.79 Å². The smallest absolute Gasteiger partial charge is 0.287 e. The van der Waals surface area contributed by atoms with Crippen molar-refractivity contribution >= 4 is 5.91 Å². The highest BCUT2D eigenvalue weighted by Gasteiger charge is 2.15. The Labute approximate surface area is 164 Å². The molecule has 0 unspecified atom stereocenters. The molecule has 28 heavy (non-hydrogen) atoms. The molecular weight excluding hydrogens is 358 g/mol. The number of hydrogen-bond acceptors (Lipinski definition) is 5. The molecule has 0 saturated heterocycles. The number of hydrogen-bond donors (Lipinski definition) is 1. The van der Waals surface area contributed by atoms with Crippen LogP contribution in [0.4, 0.5) is 0 Å². The highest BCUT2D eigenvalue weighted by atomic mass is 16.5. The van der Waals surface area contributed by atoms with Crippen LogP contribution in [-0.4, -0.2) is 20.1 Å². The van der Waals surface area contributed by atoms with Crippen molar-refractivity contribution in [2.24, 2.45) is 0 Å². The molecule has 0 fully saturated rings. The molecule has 0 aliphatic heterocycles. The second kappa shape index (κ2) is 8.99. The van der Waals surface area contributed by atoms with E-state index in [-0.39, 0.29) is 24.3 Å². The first kappa shape index (κ1) is 19.4. The van der Waals surface area contributed by atoms with E-state index in [1.165, 1.54) is 0 Å². The number of methoxy groups -OCH3 is 2. The fourth-order valence-electron chi connectivity index (χ4n) is 2.71. The zero-order valence-corrected chi connectivity index (χ0v) is 16.1. The van der Waals surface area contributed by atoms with Crippen LogP contribution in [0.5, 0.6) is 17.2 Å². The predicted octanol–water partition coefficient (Wildman–Crippen LogP) is 4.37. The molecule has 1 aromatic heterocycles. The van der Waals surface area contributed by atoms with Gasteiger partial charge in [-0.2, -0.15) is 0 Å². The maximum Gasteiger partial charge on any atom is 0.287 e. The van der Waals surface area contributed by atoms with Gasteiger partial charge in [-0.25, -0.2) is 0 Å². The lowest BCUT2D eigenvalue weighted by atomic mass is 10.1. The number of para-hydroxylation sites is 2. The summed E-state index contributed by atoms with van der Waals surface area (Å²) in [6.07, 6.45) is 0. The lowest BCUT2D eigenvalue weighted by Crippen LogP contribution is -2.26. The summed E-state index contributed by atoms with van der Waals surface area (Å²) < 4.78 is 21.7. The standard InChI is InChI=1S/C22H23NO5/c1-15(16-8-10-17(25-2)11-9-16)23-22(24)21-13-12-18(28-21)14-27-20-7-5-4-6-19(20)26-3/h4-13,15H,14H2,1-3H3,(H,23,24)/t15-/m1/s1. The first-order valence-electron chi connectivity index (χ1n) is 8.90. The van der Waals surface area contributed by atoms with Gasteiger partial charge in [0.2, 0.25) is 0 Å². The molecule has 0 saturated carbocycles. The second-order valence-corrected chi connectivity index (χ2v) is 6.17. The third-order valence-electron chi connectivity index (χ3n) is 4.29. The monoisotopic (exact) mass is 381 g/mol. The maximum atomic E-state index is 12.4. The number of rotatable bonds is 8. The first-order chi connectivity index (χ1) is 13.6. The van der Waals surface area contributed by atoms with Crippen molar-refractivity contribution in [3.63, 3.8) is 0 Å². The average Bonchev–Trinajstić information content (AvgIpc) is 3.21. The number of furan rings is 1. The molecule has 0 aliphatic rings. The van der Waals surface area contributed by atoms with Gasteiger partial charge in [0.25, 0.3) is 5.91 Å². The summed E-state index contributed by atoms with van der Waals surface area (Å²) in [7, 11) is 3.20. The number of ether oxygens (including phenoxy) is 3. The molecule has 6 nitrogen and oxygen atoms in total. The molecule has 0 radical (unpaired) electrons. The third kappa shape index (κ3) is 4.65. The minimum absolute atomic E-state index is 0.170. The minimum Gasteiger partial charge on any atom is -0.497 e. The van der Waals surface area contributed by atoms with Crippen molar-refractivity contribution < 1.29 is 23.4 Å². The van der Waals surface area contributed by atoms with Gasteiger partial charge in [-0.3, -0.25) is 4.79 Å². The van der Waals surface area contributed by atoms with Gasteiger partial charge in [-0.1, -0.05) is 24.3 Å². The van der Waals surface area contributed by atoms with Gasteiger partial charge in [-0.05, 0) is 48.9 Å². The van der Waals surface area contributed by atoms with Crippen LogP contribution in [0.25, 0.3) is 0 Å². The second-order valence-electron chi connectivity index (χ2n) is 6.17. The molecule has 146 valence electrons. The fourth-order valence-corrected chi connectivity index (χ4v) is 2.71. The average molecular weight is 381 g/mol. The lowest BCUT2D eigenvalue weighted by Gasteiger charge is -2.14. The zero-order chi connectivity index (χ0) is 19.9. The number of benzene rings is 2. The summed E-state index contributed by atoms with van der Waals surface area (Å²) in [5.41, 5.74) is 0.973. The molecule has 1 heterocycles. The van der Waals surface area contributed by atoms with Crippen molar-refractivity contribution in [2.75, 3.05) is 14.2 Å². The van der Waals surface area contributed by atoms with Crippen molar-refractivity contribution in [1.29, 1.82) is 0 Å². The molecule has 1 amide bonds. The van der Waals surface area contributed by atoms with Crippen LogP contribution in [0.2, 0.25) is 0 Å². The highest BCUT2D eigenvalue weighted by Crippen LogP contribution is 2.27. The molecule has 0 spiro atoms. The van der Waals surface area contributed by atoms with Gasteiger partial charge in [0.15, 0.2) is 17.3 Å². The minimum atomic E-state index is -0.285. The number of carbonyl (C=O) groups excluding carboxylic acids is 1. The summed E-state index contributed by atoms with van der Waals surface area (Å²) >= 11 is 0. The third-order valence-corrected chi connectivity index (χ3v) is 4.29. The van der Waals surface area contributed by atoms with Gasteiger partial charge in [-0.15, -0.1) is 0 Å². The van der Waals surface area contributed by atoms with E-state index in [0.29, 0.717) is 17.3 Å². The molecule has 1 atom stereocenters. The van der Waals surface area contributed by atoms with E-state index in [0.717, 1.165) is 11.3 Å². The Kier molecular flexibility index (Phi) is 6.22. The Hall–Kier alpha value is -3.41. The Bertz CT molecular complexity index is 917. The lowest BCUT2D eigenvalue weighted by molar-refractivity contribution is 0.0907. The van der Waals surface area contributed by atoms with Crippen molar-refractivity contribution in [3.05, 3.63) is 77.7 Å². The zero-order valence-electron chi connectivity index (χ0n) is 16.1. The summed E-state index contributed by atoms with van der Waals surface area (Å²) in [5, 5.41) is 2.92. The Balaban J connectivity index is 1.58. The van der Waals surface area contributed by atoms with Gasteiger partial charge in [0.05, 0.1) is 20.3 Å². The van der Waals surface area contributed by atoms with Crippen LogP contribution in [0.3, 0.4) is 0 Å². The summed E-state index contributed by atoms with van der Waals surface area (Å²) in [4.78, 5) is 12.4. The van der Waals surface area contributed by atoms with Crippen LogP contribution in [-0.2, 0) is 6.61 Å². The molecule has 3 aromatic rings. The number of amides is 1. The maximum absolute atomic E-state index is 12.4. The topological polar surface area (TPSA) is 69.9 Å². The summed E-state index contributed by atoms with van der Waals surface area (Å²) in [6.45, 7) is 2.11. The Morgan fingerprint density at radius 3 is 2.36 bits per heavy atom. The van der Waals surface area contributed by atoms with E-state index < -0.39 is 0 Å². The van der Waals surface area contributed by atoms with Gasteiger partial charge >= 0.3 is 0 Å². The molecular formula is C22H23NO5. The quantitative estimate of drug-likeness (QED) is 0.628. The molecule has 3 rings (SSSR count). The van der Waals surface area contributed by atoms with E-state index in [1.807, 2.05) is 55.5 Å². The largest absolute Gasteiger partial charge is 0.497 e. The molecule has 1 N–H and O–H groups in total. The summed E-state index contributed by atoms with van der Waals surface area (Å²) in [5.74, 6) is 2.52.